The van der Waals surface area contributed by atoms with Crippen molar-refractivity contribution >= 4 is 23.4 Å². The number of rotatable bonds is 6. The smallest absolute Gasteiger partial charge is 0.418 e. The Morgan fingerprint density at radius 3 is 2.38 bits per heavy atom. The molecule has 0 unspecified atom stereocenters. The average Bonchev–Trinajstić information content (AvgIpc) is 3.62. The van der Waals surface area contributed by atoms with Gasteiger partial charge in [-0.3, -0.25) is 0 Å². The van der Waals surface area contributed by atoms with Crippen molar-refractivity contribution < 1.29 is 36.2 Å². The third-order valence-corrected chi connectivity index (χ3v) is 6.65. The minimum atomic E-state index is -4.63. The topological polar surface area (TPSA) is 51.7 Å². The number of esters is 1. The van der Waals surface area contributed by atoms with Gasteiger partial charge < -0.3 is 14.4 Å². The molecule has 1 saturated heterocycles. The second kappa shape index (κ2) is 9.93. The van der Waals surface area contributed by atoms with Crippen LogP contribution < -0.4 is 9.64 Å². The van der Waals surface area contributed by atoms with Crippen molar-refractivity contribution in [1.82, 2.24) is 4.98 Å². The van der Waals surface area contributed by atoms with E-state index in [4.69, 9.17) is 21.1 Å². The molecule has 0 atom stereocenters. The molecule has 11 heteroatoms. The molecule has 0 radical (unpaired) electrons. The number of carbonyl (C=O) groups is 1. The number of hydrogen-bond donors (Lipinski definition) is 0. The summed E-state index contributed by atoms with van der Waals surface area (Å²) in [6.07, 6.45) is -2.03. The number of hydrogen-bond acceptors (Lipinski definition) is 5. The molecule has 1 aliphatic carbocycles. The molecule has 1 aromatic carbocycles. The van der Waals surface area contributed by atoms with Crippen LogP contribution in [0.4, 0.5) is 27.8 Å². The molecule has 1 aromatic heterocycles. The third-order valence-electron chi connectivity index (χ3n) is 6.35. The molecule has 4 rings (SSSR count). The van der Waals surface area contributed by atoms with Gasteiger partial charge in [-0.15, -0.1) is 0 Å². The van der Waals surface area contributed by atoms with Crippen LogP contribution in [0.5, 0.6) is 5.75 Å². The van der Waals surface area contributed by atoms with Crippen molar-refractivity contribution in [2.45, 2.75) is 69.8 Å². The summed E-state index contributed by atoms with van der Waals surface area (Å²) < 4.78 is 81.0. The number of pyridine rings is 1. The number of nitrogens with zero attached hydrogens (tertiary/aromatic N) is 2. The van der Waals surface area contributed by atoms with Gasteiger partial charge in [0.05, 0.1) is 16.1 Å². The number of piperidine rings is 1. The summed E-state index contributed by atoms with van der Waals surface area (Å²) in [5, 5.41) is -0.502. The highest BCUT2D eigenvalue weighted by Crippen LogP contribution is 2.46. The first-order valence-electron chi connectivity index (χ1n) is 12.0. The molecule has 2 aromatic rings. The number of alkyl halides is 4. The zero-order valence-corrected chi connectivity index (χ0v) is 21.5. The SMILES string of the molecule is CC(C)(C)OC(=O)c1cc(C2CC2)c(OCC2(F)CCN(c3cc(C(F)(F)F)c(Cl)cn3)CC2)cc1F. The lowest BCUT2D eigenvalue weighted by molar-refractivity contribution is -0.137. The Kier molecular flexibility index (Phi) is 7.35. The quantitative estimate of drug-likeness (QED) is 0.285. The molecular weight excluding hydrogens is 519 g/mol. The van der Waals surface area contributed by atoms with Crippen LogP contribution in [-0.4, -0.2) is 41.9 Å². The van der Waals surface area contributed by atoms with E-state index in [2.05, 4.69) is 4.98 Å². The molecule has 2 fully saturated rings. The van der Waals surface area contributed by atoms with Gasteiger partial charge in [-0.2, -0.15) is 13.2 Å². The number of benzene rings is 1. The fourth-order valence-electron chi connectivity index (χ4n) is 4.21. The summed E-state index contributed by atoms with van der Waals surface area (Å²) in [7, 11) is 0. The zero-order valence-electron chi connectivity index (χ0n) is 20.7. The average molecular weight is 547 g/mol. The third kappa shape index (κ3) is 6.64. The van der Waals surface area contributed by atoms with Crippen LogP contribution in [0, 0.1) is 5.82 Å². The highest BCUT2D eigenvalue weighted by atomic mass is 35.5. The monoisotopic (exact) mass is 546 g/mol. The van der Waals surface area contributed by atoms with Crippen LogP contribution in [0.3, 0.4) is 0 Å². The first-order valence-corrected chi connectivity index (χ1v) is 12.4. The van der Waals surface area contributed by atoms with Gasteiger partial charge in [-0.25, -0.2) is 18.6 Å². The molecule has 0 amide bonds. The molecule has 1 aliphatic heterocycles. The number of anilines is 1. The van der Waals surface area contributed by atoms with Crippen molar-refractivity contribution in [3.05, 3.63) is 51.9 Å². The number of ether oxygens (including phenoxy) is 2. The maximum absolute atomic E-state index is 15.6. The Bertz CT molecular complexity index is 1170. The lowest BCUT2D eigenvalue weighted by atomic mass is 9.94. The number of halogens is 6. The lowest BCUT2D eigenvalue weighted by Crippen LogP contribution is -2.45. The number of carbonyl (C=O) groups excluding carboxylic acids is 1. The highest BCUT2D eigenvalue weighted by molar-refractivity contribution is 6.31. The first kappa shape index (κ1) is 27.4. The standard InChI is InChI=1S/C26H28ClF5N2O3/c1-24(2,3)37-23(35)17-10-16(15-4-5-15)21(12-20(17)28)36-14-25(29)6-8-34(9-7-25)22-11-18(26(30,31)32)19(27)13-33-22/h10-13,15H,4-9,14H2,1-3H3. The Morgan fingerprint density at radius 1 is 1.16 bits per heavy atom. The summed E-state index contributed by atoms with van der Waals surface area (Å²) in [5.74, 6) is -1.26. The summed E-state index contributed by atoms with van der Waals surface area (Å²) in [5.41, 5.74) is -3.11. The van der Waals surface area contributed by atoms with Crippen molar-refractivity contribution in [2.75, 3.05) is 24.6 Å². The predicted octanol–water partition coefficient (Wildman–Crippen LogP) is 7.11. The van der Waals surface area contributed by atoms with Crippen LogP contribution in [0.2, 0.25) is 5.02 Å². The van der Waals surface area contributed by atoms with Crippen molar-refractivity contribution in [1.29, 1.82) is 0 Å². The first-order chi connectivity index (χ1) is 17.2. The van der Waals surface area contributed by atoms with E-state index in [0.29, 0.717) is 5.56 Å². The summed E-state index contributed by atoms with van der Waals surface area (Å²) in [6.45, 7) is 4.94. The molecule has 1 saturated carbocycles. The minimum absolute atomic E-state index is 0.0180. The van der Waals surface area contributed by atoms with Gasteiger partial charge in [-0.05, 0) is 57.2 Å². The Morgan fingerprint density at radius 2 is 1.81 bits per heavy atom. The van der Waals surface area contributed by atoms with Crippen LogP contribution >= 0.6 is 11.6 Å². The largest absolute Gasteiger partial charge is 0.490 e. The molecule has 0 N–H and O–H groups in total. The molecule has 5 nitrogen and oxygen atoms in total. The van der Waals surface area contributed by atoms with E-state index < -0.39 is 39.8 Å². The molecule has 0 bridgehead atoms. The van der Waals surface area contributed by atoms with E-state index in [1.165, 1.54) is 6.07 Å². The fourth-order valence-corrected chi connectivity index (χ4v) is 4.42. The van der Waals surface area contributed by atoms with E-state index in [9.17, 15) is 22.4 Å². The van der Waals surface area contributed by atoms with Crippen molar-refractivity contribution in [3.8, 4) is 5.75 Å². The zero-order chi connectivity index (χ0) is 27.2. The van der Waals surface area contributed by atoms with Gasteiger partial charge in [0, 0.05) is 38.2 Å². The van der Waals surface area contributed by atoms with Gasteiger partial charge in [0.25, 0.3) is 0 Å². The van der Waals surface area contributed by atoms with Crippen LogP contribution in [0.25, 0.3) is 0 Å². The molecule has 37 heavy (non-hydrogen) atoms. The van der Waals surface area contributed by atoms with Gasteiger partial charge in [-0.1, -0.05) is 11.6 Å². The Balaban J connectivity index is 1.43. The second-order valence-corrected chi connectivity index (χ2v) is 11.0. The Hall–Kier alpha value is -2.62. The van der Waals surface area contributed by atoms with Crippen molar-refractivity contribution in [3.63, 3.8) is 0 Å². The van der Waals surface area contributed by atoms with Crippen LogP contribution in [0.1, 0.15) is 73.9 Å². The van der Waals surface area contributed by atoms with E-state index in [1.807, 2.05) is 0 Å². The van der Waals surface area contributed by atoms with E-state index in [1.54, 1.807) is 25.7 Å². The van der Waals surface area contributed by atoms with Crippen LogP contribution in [-0.2, 0) is 10.9 Å². The van der Waals surface area contributed by atoms with Crippen LogP contribution in [0.15, 0.2) is 24.4 Å². The maximum atomic E-state index is 15.6. The molecule has 202 valence electrons. The predicted molar refractivity (Wildman–Crippen MR) is 129 cm³/mol. The molecular formula is C26H28ClF5N2O3. The highest BCUT2D eigenvalue weighted by Gasteiger charge is 2.39. The van der Waals surface area contributed by atoms with E-state index >= 15 is 4.39 Å². The molecule has 0 spiro atoms. The summed E-state index contributed by atoms with van der Waals surface area (Å²) in [6, 6.07) is 3.39. The summed E-state index contributed by atoms with van der Waals surface area (Å²) in [4.78, 5) is 18.0. The van der Waals surface area contributed by atoms with Gasteiger partial charge >= 0.3 is 12.1 Å². The second-order valence-electron chi connectivity index (χ2n) is 10.6. The molecule has 2 aliphatic rings. The van der Waals surface area contributed by atoms with Gasteiger partial charge in [0.2, 0.25) is 0 Å². The Labute approximate surface area is 216 Å². The fraction of sp³-hybridized carbons (Fsp3) is 0.538. The van der Waals surface area contributed by atoms with E-state index in [-0.39, 0.29) is 55.6 Å². The summed E-state index contributed by atoms with van der Waals surface area (Å²) >= 11 is 5.64. The van der Waals surface area contributed by atoms with Gasteiger partial charge in [0.15, 0.2) is 0 Å². The van der Waals surface area contributed by atoms with Crippen molar-refractivity contribution in [2.24, 2.45) is 0 Å². The lowest BCUT2D eigenvalue weighted by Gasteiger charge is -2.37. The normalized spacial score (nSPS) is 18.0. The molecule has 2 heterocycles. The van der Waals surface area contributed by atoms with E-state index in [0.717, 1.165) is 31.2 Å². The van der Waals surface area contributed by atoms with Gasteiger partial charge in [0.1, 0.15) is 35.3 Å². The minimum Gasteiger partial charge on any atom is -0.490 e. The maximum Gasteiger partial charge on any atom is 0.418 e. The number of aromatic nitrogens is 1.